The molecule has 6 nitrogen and oxygen atoms in total. The predicted molar refractivity (Wildman–Crippen MR) is 116 cm³/mol. The summed E-state index contributed by atoms with van der Waals surface area (Å²) in [4.78, 5) is 30.8. The van der Waals surface area contributed by atoms with Gasteiger partial charge in [0.1, 0.15) is 11.5 Å². The number of aryl methyl sites for hydroxylation is 1. The molecular formula is C25H20N2O4. The first-order valence-corrected chi connectivity index (χ1v) is 9.98. The molecule has 154 valence electrons. The van der Waals surface area contributed by atoms with E-state index >= 15 is 0 Å². The lowest BCUT2D eigenvalue weighted by molar-refractivity contribution is -0.140. The van der Waals surface area contributed by atoms with Gasteiger partial charge in [-0.05, 0) is 25.1 Å². The molecule has 1 aliphatic rings. The maximum Gasteiger partial charge on any atom is 0.296 e. The number of hydrogen-bond donors (Lipinski definition) is 2. The van der Waals surface area contributed by atoms with Crippen molar-refractivity contribution in [1.82, 2.24) is 9.88 Å². The lowest BCUT2D eigenvalue weighted by Gasteiger charge is -2.24. The lowest BCUT2D eigenvalue weighted by Crippen LogP contribution is -2.29. The first kappa shape index (κ1) is 18.9. The second-order valence-electron chi connectivity index (χ2n) is 7.66. The van der Waals surface area contributed by atoms with Crippen LogP contribution >= 0.6 is 0 Å². The zero-order valence-electron chi connectivity index (χ0n) is 16.8. The summed E-state index contributed by atoms with van der Waals surface area (Å²) >= 11 is 0. The zero-order valence-corrected chi connectivity index (χ0v) is 16.8. The van der Waals surface area contributed by atoms with Gasteiger partial charge in [0.15, 0.2) is 0 Å². The molecule has 0 bridgehead atoms. The topological polar surface area (TPSA) is 86.5 Å². The summed E-state index contributed by atoms with van der Waals surface area (Å²) in [5.74, 6) is -1.00. The highest BCUT2D eigenvalue weighted by Gasteiger charge is 2.47. The van der Waals surface area contributed by atoms with E-state index in [2.05, 4.69) is 4.98 Å². The Kier molecular flexibility index (Phi) is 4.47. The molecule has 1 unspecified atom stereocenters. The highest BCUT2D eigenvalue weighted by Crippen LogP contribution is 2.42. The van der Waals surface area contributed by atoms with Crippen molar-refractivity contribution in [1.29, 1.82) is 0 Å². The van der Waals surface area contributed by atoms with Crippen LogP contribution in [-0.2, 0) is 16.1 Å². The minimum Gasteiger partial charge on any atom is -0.507 e. The fourth-order valence-corrected chi connectivity index (χ4v) is 4.12. The number of aromatic nitrogens is 1. The average Bonchev–Trinajstić information content (AvgIpc) is 3.49. The molecule has 3 heterocycles. The number of likely N-dealkylation sites (tertiary alicyclic amines) is 1. The van der Waals surface area contributed by atoms with E-state index in [0.717, 1.165) is 22.0 Å². The molecule has 6 heteroatoms. The minimum atomic E-state index is -0.748. The van der Waals surface area contributed by atoms with Crippen LogP contribution in [0.2, 0.25) is 0 Å². The van der Waals surface area contributed by atoms with Crippen LogP contribution in [0.3, 0.4) is 0 Å². The summed E-state index contributed by atoms with van der Waals surface area (Å²) in [5.41, 5.74) is 3.23. The van der Waals surface area contributed by atoms with Gasteiger partial charge in [-0.1, -0.05) is 48.0 Å². The Morgan fingerprint density at radius 2 is 1.84 bits per heavy atom. The molecule has 0 aliphatic carbocycles. The number of para-hydroxylation sites is 1. The third-order valence-electron chi connectivity index (χ3n) is 5.69. The second kappa shape index (κ2) is 7.32. The van der Waals surface area contributed by atoms with Gasteiger partial charge in [-0.2, -0.15) is 0 Å². The van der Waals surface area contributed by atoms with E-state index in [4.69, 9.17) is 4.42 Å². The quantitative estimate of drug-likeness (QED) is 0.289. The molecule has 0 spiro atoms. The number of ketones is 1. The number of aromatic amines is 1. The molecule has 4 aromatic rings. The Balaban J connectivity index is 1.71. The summed E-state index contributed by atoms with van der Waals surface area (Å²) in [6.07, 6.45) is 3.32. The van der Waals surface area contributed by atoms with E-state index in [1.54, 1.807) is 30.5 Å². The molecule has 31 heavy (non-hydrogen) atoms. The normalized spacial score (nSPS) is 18.2. The average molecular weight is 412 g/mol. The van der Waals surface area contributed by atoms with Crippen LogP contribution < -0.4 is 0 Å². The maximum absolute atomic E-state index is 13.1. The number of H-pyrrole nitrogens is 1. The van der Waals surface area contributed by atoms with Crippen molar-refractivity contribution in [3.05, 3.63) is 101 Å². The van der Waals surface area contributed by atoms with Gasteiger partial charge in [0.25, 0.3) is 11.7 Å². The molecule has 0 saturated carbocycles. The van der Waals surface area contributed by atoms with Gasteiger partial charge in [0.05, 0.1) is 24.4 Å². The highest BCUT2D eigenvalue weighted by molar-refractivity contribution is 6.46. The lowest BCUT2D eigenvalue weighted by atomic mass is 9.94. The number of hydrogen-bond acceptors (Lipinski definition) is 4. The number of aliphatic hydroxyl groups excluding tert-OH is 1. The number of nitrogens with one attached hydrogen (secondary N) is 1. The van der Waals surface area contributed by atoms with Crippen molar-refractivity contribution in [2.45, 2.75) is 19.5 Å². The molecule has 5 rings (SSSR count). The monoisotopic (exact) mass is 412 g/mol. The van der Waals surface area contributed by atoms with E-state index in [9.17, 15) is 14.7 Å². The van der Waals surface area contributed by atoms with E-state index < -0.39 is 17.7 Å². The summed E-state index contributed by atoms with van der Waals surface area (Å²) in [6.45, 7) is 2.06. The number of amides is 1. The molecule has 2 aromatic carbocycles. The molecule has 1 fully saturated rings. The van der Waals surface area contributed by atoms with Crippen molar-refractivity contribution >= 4 is 28.4 Å². The van der Waals surface area contributed by atoms with E-state index in [0.29, 0.717) is 11.3 Å². The Hall–Kier alpha value is -4.06. The smallest absolute Gasteiger partial charge is 0.296 e. The minimum absolute atomic E-state index is 0.0742. The van der Waals surface area contributed by atoms with Gasteiger partial charge >= 0.3 is 0 Å². The number of rotatable bonds is 4. The fraction of sp³-hybridized carbons (Fsp3) is 0.120. The van der Waals surface area contributed by atoms with Crippen molar-refractivity contribution in [3.8, 4) is 0 Å². The highest BCUT2D eigenvalue weighted by atomic mass is 16.3. The Labute approximate surface area is 178 Å². The standard InChI is InChI=1S/C25H20N2O4/c1-15-8-10-16(11-9-15)23(28)21-22(19-13-26-20-7-3-2-6-18(19)20)27(25(30)24(21)29)14-17-5-4-12-31-17/h2-13,22,26,28H,14H2,1H3/b23-21+. The van der Waals surface area contributed by atoms with Gasteiger partial charge in [-0.25, -0.2) is 0 Å². The molecule has 1 aliphatic heterocycles. The van der Waals surface area contributed by atoms with Crippen LogP contribution in [0.15, 0.2) is 83.1 Å². The summed E-state index contributed by atoms with van der Waals surface area (Å²) in [5, 5.41) is 12.0. The van der Waals surface area contributed by atoms with Crippen molar-refractivity contribution in [2.24, 2.45) is 0 Å². The number of fused-ring (bicyclic) bond motifs is 1. The summed E-state index contributed by atoms with van der Waals surface area (Å²) in [6, 6.07) is 17.6. The molecule has 1 saturated heterocycles. The fourth-order valence-electron chi connectivity index (χ4n) is 4.12. The second-order valence-corrected chi connectivity index (χ2v) is 7.66. The van der Waals surface area contributed by atoms with Gasteiger partial charge < -0.3 is 19.4 Å². The van der Waals surface area contributed by atoms with Crippen molar-refractivity contribution < 1.29 is 19.1 Å². The summed E-state index contributed by atoms with van der Waals surface area (Å²) in [7, 11) is 0. The Bertz CT molecular complexity index is 1310. The third-order valence-corrected chi connectivity index (χ3v) is 5.69. The summed E-state index contributed by atoms with van der Waals surface area (Å²) < 4.78 is 5.43. The number of Topliss-reactive ketones (excluding diaryl/α,β-unsaturated/α-hetero) is 1. The van der Waals surface area contributed by atoms with Gasteiger partial charge in [0, 0.05) is 28.2 Å². The van der Waals surface area contributed by atoms with Crippen molar-refractivity contribution in [2.75, 3.05) is 0 Å². The molecule has 2 N–H and O–H groups in total. The largest absolute Gasteiger partial charge is 0.507 e. The predicted octanol–water partition coefficient (Wildman–Crippen LogP) is 4.69. The van der Waals surface area contributed by atoms with Crippen LogP contribution in [0.4, 0.5) is 0 Å². The molecule has 2 aromatic heterocycles. The third kappa shape index (κ3) is 3.13. The molecule has 0 radical (unpaired) electrons. The SMILES string of the molecule is Cc1ccc(/C(O)=C2\C(=O)C(=O)N(Cc3ccco3)C2c2c[nH]c3ccccc23)cc1. The van der Waals surface area contributed by atoms with Crippen LogP contribution in [0.5, 0.6) is 0 Å². The van der Waals surface area contributed by atoms with Crippen LogP contribution in [0.1, 0.15) is 28.5 Å². The number of aliphatic hydroxyl groups is 1. The van der Waals surface area contributed by atoms with Crippen LogP contribution in [0, 0.1) is 6.92 Å². The van der Waals surface area contributed by atoms with Gasteiger partial charge in [-0.15, -0.1) is 0 Å². The first-order chi connectivity index (χ1) is 15.0. The van der Waals surface area contributed by atoms with E-state index in [1.165, 1.54) is 11.2 Å². The maximum atomic E-state index is 13.1. The van der Waals surface area contributed by atoms with Gasteiger partial charge in [0.2, 0.25) is 0 Å². The Morgan fingerprint density at radius 1 is 1.06 bits per heavy atom. The van der Waals surface area contributed by atoms with Gasteiger partial charge in [-0.3, -0.25) is 9.59 Å². The number of carbonyl (C=O) groups excluding carboxylic acids is 2. The van der Waals surface area contributed by atoms with Crippen molar-refractivity contribution in [3.63, 3.8) is 0 Å². The molecule has 1 atom stereocenters. The Morgan fingerprint density at radius 3 is 2.58 bits per heavy atom. The van der Waals surface area contributed by atoms with Crippen LogP contribution in [-0.4, -0.2) is 26.7 Å². The number of furan rings is 1. The number of carbonyl (C=O) groups is 2. The van der Waals surface area contributed by atoms with Crippen LogP contribution in [0.25, 0.3) is 16.7 Å². The number of nitrogens with zero attached hydrogens (tertiary/aromatic N) is 1. The van der Waals surface area contributed by atoms with E-state index in [-0.39, 0.29) is 17.9 Å². The zero-order chi connectivity index (χ0) is 21.5. The number of benzene rings is 2. The first-order valence-electron chi connectivity index (χ1n) is 9.98. The molecular weight excluding hydrogens is 392 g/mol. The molecule has 1 amide bonds. The van der Waals surface area contributed by atoms with E-state index in [1.807, 2.05) is 43.3 Å².